The number of benzene rings is 8. The lowest BCUT2D eigenvalue weighted by Crippen LogP contribution is -1.90. The average molecular weight is 573 g/mol. The summed E-state index contributed by atoms with van der Waals surface area (Å²) in [6.45, 7) is 0. The molecule has 0 spiro atoms. The van der Waals surface area contributed by atoms with E-state index in [9.17, 15) is 15.1 Å². The molecule has 43 heavy (non-hydrogen) atoms. The molecule has 1 nitrogen and oxygen atoms in total. The summed E-state index contributed by atoms with van der Waals surface area (Å²) in [4.78, 5) is 0. The number of furan rings is 1. The molecule has 0 radical (unpaired) electrons. The van der Waals surface area contributed by atoms with E-state index in [-0.39, 0.29) is 5.39 Å². The quantitative estimate of drug-likeness (QED) is 0.192. The van der Waals surface area contributed by atoms with Crippen molar-refractivity contribution in [2.45, 2.75) is 0 Å². The predicted molar refractivity (Wildman–Crippen MR) is 183 cm³/mol. The first-order valence-electron chi connectivity index (χ1n) is 25.7. The second-order valence-electron chi connectivity index (χ2n) is 9.26. The number of fused-ring (bicyclic) bond motifs is 6. The Balaban J connectivity index is 1.51. The molecule has 0 saturated carbocycles. The molecule has 0 saturated heterocycles. The van der Waals surface area contributed by atoms with Crippen molar-refractivity contribution in [1.82, 2.24) is 0 Å². The molecule has 1 heterocycles. The van der Waals surface area contributed by atoms with Crippen LogP contribution in [0.15, 0.2) is 162 Å². The molecule has 0 N–H and O–H groups in total. The van der Waals surface area contributed by atoms with Crippen molar-refractivity contribution in [3.8, 4) is 33.4 Å². The fraction of sp³-hybridized carbons (Fsp3) is 0. The summed E-state index contributed by atoms with van der Waals surface area (Å²) in [5.74, 6) is 0. The SMILES string of the molecule is [2H]c1c([2H])c([2H])c(-c2c3c([2H])c([2H])c([2H])c([2H])c3c(-c3c([2H])c([2H])c4c([2H])c(-c5c([2H])c([2H])c6oc7c([2H])c([2H])c([2H])c([2H])c7c6c5[2H])c([2H])c([2H])c4c3[2H])c3c([2H])c([2H])c([2H])c([2H])c23)c([2H])c1[2H]. The Labute approximate surface area is 285 Å². The maximum absolute atomic E-state index is 9.66. The molecule has 200 valence electrons. The van der Waals surface area contributed by atoms with Crippen LogP contribution in [0.3, 0.4) is 0 Å². The summed E-state index contributed by atoms with van der Waals surface area (Å²) in [5.41, 5.74) is -5.25. The van der Waals surface area contributed by atoms with Crippen LogP contribution in [0.4, 0.5) is 0 Å². The summed E-state index contributed by atoms with van der Waals surface area (Å²) in [5, 5.41) is -4.93. The van der Waals surface area contributed by atoms with Gasteiger partial charge in [-0.05, 0) is 95.9 Å². The first kappa shape index (κ1) is 9.69. The Morgan fingerprint density at radius 2 is 0.791 bits per heavy atom. The fourth-order valence-electron chi connectivity index (χ4n) is 5.05. The van der Waals surface area contributed by atoms with E-state index < -0.39 is 239 Å². The number of hydrogen-bond acceptors (Lipinski definition) is 1. The zero-order valence-corrected chi connectivity index (χ0v) is 21.4. The highest BCUT2D eigenvalue weighted by Crippen LogP contribution is 2.44. The van der Waals surface area contributed by atoms with Crippen molar-refractivity contribution in [3.63, 3.8) is 0 Å². The van der Waals surface area contributed by atoms with Crippen molar-refractivity contribution in [2.75, 3.05) is 0 Å². The molecule has 9 aromatic rings. The van der Waals surface area contributed by atoms with Crippen molar-refractivity contribution < 1.29 is 40.1 Å². The molecular formula is C42H26O. The summed E-state index contributed by atoms with van der Waals surface area (Å²) < 4.78 is 237. The van der Waals surface area contributed by atoms with E-state index in [4.69, 9.17) is 25.0 Å². The van der Waals surface area contributed by atoms with Crippen molar-refractivity contribution in [2.24, 2.45) is 0 Å². The van der Waals surface area contributed by atoms with Gasteiger partial charge in [0.15, 0.2) is 0 Å². The second-order valence-corrected chi connectivity index (χ2v) is 9.26. The zero-order chi connectivity index (χ0) is 51.0. The van der Waals surface area contributed by atoms with Gasteiger partial charge in [0, 0.05) is 10.8 Å². The molecule has 0 unspecified atom stereocenters. The van der Waals surface area contributed by atoms with Gasteiger partial charge in [-0.25, -0.2) is 0 Å². The van der Waals surface area contributed by atoms with Gasteiger partial charge in [0.1, 0.15) is 11.2 Å². The van der Waals surface area contributed by atoms with E-state index in [1.54, 1.807) is 0 Å². The third-order valence-corrected chi connectivity index (χ3v) is 6.89. The third kappa shape index (κ3) is 3.79. The van der Waals surface area contributed by atoms with Gasteiger partial charge in [0.25, 0.3) is 0 Å². The van der Waals surface area contributed by atoms with E-state index >= 15 is 0 Å². The average Bonchev–Trinajstić information content (AvgIpc) is 3.73. The lowest BCUT2D eigenvalue weighted by molar-refractivity contribution is 0.669. The van der Waals surface area contributed by atoms with Gasteiger partial charge in [0.2, 0.25) is 0 Å². The summed E-state index contributed by atoms with van der Waals surface area (Å²) in [7, 11) is 0. The van der Waals surface area contributed by atoms with Crippen LogP contribution in [0.5, 0.6) is 0 Å². The molecule has 0 amide bonds. The van der Waals surface area contributed by atoms with Crippen LogP contribution in [0.2, 0.25) is 0 Å². The van der Waals surface area contributed by atoms with E-state index in [0.717, 1.165) is 0 Å². The van der Waals surface area contributed by atoms with E-state index in [1.807, 2.05) is 0 Å². The smallest absolute Gasteiger partial charge is 0.135 e. The molecule has 8 aromatic carbocycles. The monoisotopic (exact) mass is 572 g/mol. The minimum atomic E-state index is -1.03. The van der Waals surface area contributed by atoms with Crippen LogP contribution in [0, 0.1) is 0 Å². The molecule has 0 fully saturated rings. The molecular weight excluding hydrogens is 520 g/mol. The number of para-hydroxylation sites is 1. The fourth-order valence-corrected chi connectivity index (χ4v) is 5.05. The zero-order valence-electron chi connectivity index (χ0n) is 47.4. The Morgan fingerprint density at radius 1 is 0.326 bits per heavy atom. The van der Waals surface area contributed by atoms with Crippen LogP contribution >= 0.6 is 0 Å². The van der Waals surface area contributed by atoms with Crippen LogP contribution < -0.4 is 0 Å². The molecule has 1 aromatic heterocycles. The molecule has 0 aliphatic carbocycles. The molecule has 0 aliphatic heterocycles. The number of hydrogen-bond donors (Lipinski definition) is 0. The van der Waals surface area contributed by atoms with Crippen LogP contribution in [0.25, 0.3) is 87.6 Å². The Kier molecular flexibility index (Phi) is 2.13. The topological polar surface area (TPSA) is 13.1 Å². The Bertz CT molecular complexity index is 3860. The number of rotatable bonds is 3. The van der Waals surface area contributed by atoms with Gasteiger partial charge in [-0.15, -0.1) is 0 Å². The van der Waals surface area contributed by atoms with Gasteiger partial charge in [0.05, 0.1) is 35.6 Å². The van der Waals surface area contributed by atoms with Gasteiger partial charge in [-0.1, -0.05) is 127 Å². The van der Waals surface area contributed by atoms with Gasteiger partial charge in [-0.2, -0.15) is 0 Å². The second kappa shape index (κ2) is 9.44. The first-order chi connectivity index (χ1) is 32.2. The largest absolute Gasteiger partial charge is 0.456 e. The van der Waals surface area contributed by atoms with Crippen LogP contribution in [-0.4, -0.2) is 0 Å². The third-order valence-electron chi connectivity index (χ3n) is 6.89. The van der Waals surface area contributed by atoms with Crippen molar-refractivity contribution in [1.29, 1.82) is 0 Å². The summed E-state index contributed by atoms with van der Waals surface area (Å²) >= 11 is 0. The standard InChI is InChI=1S/C42H26O/c1-2-10-27(11-3-1)41-34-13-4-6-15-36(34)42(37-16-7-5-14-35(37)41)32-21-20-28-24-29(18-19-30(28)25-32)31-22-23-40-38(26-31)33-12-8-9-17-39(33)43-40/h1-26H/i1D,2D,3D,4D,5D,6D,7D,8D,9D,10D,11D,12D,13D,14D,15D,16D,17D,18D,19D,20D,21D,22D,23D,24D,25D,26D. The Morgan fingerprint density at radius 3 is 1.47 bits per heavy atom. The minimum Gasteiger partial charge on any atom is -0.456 e. The van der Waals surface area contributed by atoms with E-state index in [0.29, 0.717) is 0 Å². The van der Waals surface area contributed by atoms with Crippen LogP contribution in [0.1, 0.15) is 35.6 Å². The predicted octanol–water partition coefficient (Wildman–Crippen LogP) is 12.0. The van der Waals surface area contributed by atoms with Crippen LogP contribution in [-0.2, 0) is 0 Å². The highest BCUT2D eigenvalue weighted by Gasteiger charge is 2.16. The van der Waals surface area contributed by atoms with Gasteiger partial charge >= 0.3 is 0 Å². The van der Waals surface area contributed by atoms with Gasteiger partial charge in [-0.3, -0.25) is 0 Å². The summed E-state index contributed by atoms with van der Waals surface area (Å²) in [6.07, 6.45) is 0. The summed E-state index contributed by atoms with van der Waals surface area (Å²) in [6, 6.07) is -23.2. The molecule has 0 bridgehead atoms. The molecule has 9 rings (SSSR count). The maximum Gasteiger partial charge on any atom is 0.135 e. The highest BCUT2D eigenvalue weighted by molar-refractivity contribution is 6.21. The molecule has 0 atom stereocenters. The lowest BCUT2D eigenvalue weighted by Gasteiger charge is -2.18. The molecule has 0 aliphatic rings. The maximum atomic E-state index is 9.66. The first-order valence-corrected chi connectivity index (χ1v) is 12.7. The van der Waals surface area contributed by atoms with Crippen molar-refractivity contribution in [3.05, 3.63) is 157 Å². The van der Waals surface area contributed by atoms with Crippen molar-refractivity contribution >= 4 is 54.3 Å². The van der Waals surface area contributed by atoms with E-state index in [2.05, 4.69) is 0 Å². The lowest BCUT2D eigenvalue weighted by atomic mass is 9.85. The van der Waals surface area contributed by atoms with Gasteiger partial charge < -0.3 is 4.42 Å². The minimum absolute atomic E-state index is 0.360. The molecule has 1 heteroatoms. The highest BCUT2D eigenvalue weighted by atomic mass is 16.3. The normalized spacial score (nSPS) is 20.2. The Hall–Kier alpha value is -5.66. The van der Waals surface area contributed by atoms with E-state index in [1.165, 1.54) is 0 Å².